The van der Waals surface area contributed by atoms with Crippen LogP contribution in [0, 0.1) is 0 Å². The molecule has 4 aromatic rings. The normalized spacial score (nSPS) is 14.9. The minimum absolute atomic E-state index is 0.573. The van der Waals surface area contributed by atoms with Crippen LogP contribution in [0.25, 0.3) is 34.1 Å². The Morgan fingerprint density at radius 1 is 0.786 bits per heavy atom. The number of hydrogen-bond acceptors (Lipinski definition) is 6. The van der Waals surface area contributed by atoms with E-state index in [2.05, 4.69) is 15.2 Å². The van der Waals surface area contributed by atoms with Crippen molar-refractivity contribution in [2.75, 3.05) is 31.1 Å². The van der Waals surface area contributed by atoms with Gasteiger partial charge >= 0.3 is 0 Å². The monoisotopic (exact) mass is 371 g/mol. The number of oxazole rings is 1. The minimum Gasteiger partial charge on any atom is -0.430 e. The maximum absolute atomic E-state index is 6.17. The van der Waals surface area contributed by atoms with Crippen LogP contribution in [-0.2, 0) is 0 Å². The van der Waals surface area contributed by atoms with Crippen molar-refractivity contribution in [3.63, 3.8) is 0 Å². The summed E-state index contributed by atoms with van der Waals surface area (Å²) in [6, 6.07) is 20.0. The molecule has 0 aliphatic carbocycles. The van der Waals surface area contributed by atoms with E-state index in [9.17, 15) is 0 Å². The molecule has 3 heterocycles. The fraction of sp³-hybridized carbons (Fsp3) is 0.227. The third kappa shape index (κ3) is 3.23. The molecule has 5 rings (SSSR count). The van der Waals surface area contributed by atoms with Crippen LogP contribution in [0.4, 0.5) is 5.82 Å². The van der Waals surface area contributed by atoms with Gasteiger partial charge in [-0.1, -0.05) is 48.5 Å². The van der Waals surface area contributed by atoms with Gasteiger partial charge in [0.15, 0.2) is 11.6 Å². The van der Waals surface area contributed by atoms with Crippen molar-refractivity contribution >= 4 is 17.0 Å². The second-order valence-corrected chi connectivity index (χ2v) is 6.87. The van der Waals surface area contributed by atoms with E-state index in [0.29, 0.717) is 22.9 Å². The Hall–Kier alpha value is -3.25. The smallest absolute Gasteiger partial charge is 0.229 e. The summed E-state index contributed by atoms with van der Waals surface area (Å²) in [7, 11) is 0. The molecule has 6 heteroatoms. The van der Waals surface area contributed by atoms with Crippen LogP contribution in [0.3, 0.4) is 0 Å². The molecule has 2 aromatic carbocycles. The highest BCUT2D eigenvalue weighted by Crippen LogP contribution is 2.31. The van der Waals surface area contributed by atoms with Crippen molar-refractivity contribution in [1.82, 2.24) is 20.3 Å². The molecule has 0 saturated carbocycles. The van der Waals surface area contributed by atoms with Crippen LogP contribution in [0.5, 0.6) is 0 Å². The third-order valence-corrected chi connectivity index (χ3v) is 4.93. The number of nitrogens with zero attached hydrogens (tertiary/aromatic N) is 4. The predicted octanol–water partition coefficient (Wildman–Crippen LogP) is 3.75. The van der Waals surface area contributed by atoms with Gasteiger partial charge < -0.3 is 14.6 Å². The first kappa shape index (κ1) is 16.9. The van der Waals surface area contributed by atoms with E-state index < -0.39 is 0 Å². The average molecular weight is 371 g/mol. The summed E-state index contributed by atoms with van der Waals surface area (Å²) in [5.41, 5.74) is 3.16. The summed E-state index contributed by atoms with van der Waals surface area (Å²) >= 11 is 0. The fourth-order valence-corrected chi connectivity index (χ4v) is 3.50. The molecule has 0 bridgehead atoms. The van der Waals surface area contributed by atoms with Crippen molar-refractivity contribution in [1.29, 1.82) is 0 Å². The van der Waals surface area contributed by atoms with Gasteiger partial charge in [-0.2, -0.15) is 4.98 Å². The number of hydrogen-bond donors (Lipinski definition) is 1. The molecule has 2 aromatic heterocycles. The van der Waals surface area contributed by atoms with Gasteiger partial charge in [0.05, 0.1) is 0 Å². The maximum atomic E-state index is 6.17. The summed E-state index contributed by atoms with van der Waals surface area (Å²) in [5.74, 6) is 2.07. The van der Waals surface area contributed by atoms with E-state index in [1.54, 1.807) is 0 Å². The van der Waals surface area contributed by atoms with Crippen LogP contribution in [0.15, 0.2) is 65.1 Å². The zero-order chi connectivity index (χ0) is 18.8. The van der Waals surface area contributed by atoms with Crippen LogP contribution in [0.2, 0.25) is 0 Å². The lowest BCUT2D eigenvalue weighted by Crippen LogP contribution is -2.29. The number of rotatable bonds is 3. The fourth-order valence-electron chi connectivity index (χ4n) is 3.50. The summed E-state index contributed by atoms with van der Waals surface area (Å²) < 4.78 is 6.17. The van der Waals surface area contributed by atoms with Gasteiger partial charge in [0.1, 0.15) is 0 Å². The average Bonchev–Trinajstić information content (AvgIpc) is 3.01. The predicted molar refractivity (Wildman–Crippen MR) is 110 cm³/mol. The molecule has 0 spiro atoms. The topological polar surface area (TPSA) is 67.1 Å². The van der Waals surface area contributed by atoms with Crippen LogP contribution in [-0.4, -0.2) is 41.1 Å². The lowest BCUT2D eigenvalue weighted by Gasteiger charge is -2.21. The molecular weight excluding hydrogens is 350 g/mol. The molecule has 0 unspecified atom stereocenters. The van der Waals surface area contributed by atoms with E-state index in [1.807, 2.05) is 60.7 Å². The molecule has 1 fully saturated rings. The van der Waals surface area contributed by atoms with E-state index in [-0.39, 0.29) is 0 Å². The highest BCUT2D eigenvalue weighted by Gasteiger charge is 2.22. The van der Waals surface area contributed by atoms with Gasteiger partial charge in [-0.3, -0.25) is 0 Å². The van der Waals surface area contributed by atoms with Crippen LogP contribution < -0.4 is 10.2 Å². The van der Waals surface area contributed by atoms with E-state index in [1.165, 1.54) is 0 Å². The first-order chi connectivity index (χ1) is 13.9. The molecule has 140 valence electrons. The number of benzene rings is 2. The van der Waals surface area contributed by atoms with Crippen molar-refractivity contribution in [2.24, 2.45) is 0 Å². The van der Waals surface area contributed by atoms with Gasteiger partial charge in [-0.05, 0) is 25.1 Å². The van der Waals surface area contributed by atoms with Gasteiger partial charge in [0.25, 0.3) is 0 Å². The van der Waals surface area contributed by atoms with Crippen LogP contribution >= 0.6 is 0 Å². The minimum atomic E-state index is 0.573. The highest BCUT2D eigenvalue weighted by molar-refractivity contribution is 5.85. The van der Waals surface area contributed by atoms with Crippen molar-refractivity contribution in [3.8, 4) is 22.8 Å². The molecule has 1 aliphatic rings. The molecule has 0 amide bonds. The number of aromatic nitrogens is 3. The lowest BCUT2D eigenvalue weighted by atomic mass is 10.2. The largest absolute Gasteiger partial charge is 0.430 e. The Labute approximate surface area is 163 Å². The van der Waals surface area contributed by atoms with Crippen LogP contribution in [0.1, 0.15) is 6.42 Å². The molecule has 6 nitrogen and oxygen atoms in total. The van der Waals surface area contributed by atoms with E-state index >= 15 is 0 Å². The second kappa shape index (κ2) is 7.40. The molecule has 1 aliphatic heterocycles. The Kier molecular flexibility index (Phi) is 4.47. The number of nitrogens with one attached hydrogen (secondary N) is 1. The first-order valence-corrected chi connectivity index (χ1v) is 9.63. The molecular formula is C22H21N5O. The second-order valence-electron chi connectivity index (χ2n) is 6.87. The Morgan fingerprint density at radius 3 is 2.32 bits per heavy atom. The molecule has 1 N–H and O–H groups in total. The van der Waals surface area contributed by atoms with Crippen molar-refractivity contribution in [3.05, 3.63) is 60.7 Å². The maximum Gasteiger partial charge on any atom is 0.229 e. The standard InChI is InChI=1S/C22H21N5O/c1-3-8-16(9-4-1)19-24-20-18(21(25-19)27-14-7-12-23-13-15-27)28-22(26-20)17-10-5-2-6-11-17/h1-6,8-11,23H,7,12-15H2. The van der Waals surface area contributed by atoms with Crippen molar-refractivity contribution < 1.29 is 4.42 Å². The third-order valence-electron chi connectivity index (χ3n) is 4.93. The lowest BCUT2D eigenvalue weighted by molar-refractivity contribution is 0.615. The quantitative estimate of drug-likeness (QED) is 0.592. The zero-order valence-corrected chi connectivity index (χ0v) is 15.5. The Morgan fingerprint density at radius 2 is 1.54 bits per heavy atom. The Balaban J connectivity index is 1.68. The van der Waals surface area contributed by atoms with Gasteiger partial charge in [0, 0.05) is 30.8 Å². The van der Waals surface area contributed by atoms with Gasteiger partial charge in [0.2, 0.25) is 17.1 Å². The summed E-state index contributed by atoms with van der Waals surface area (Å²) in [4.78, 5) is 16.6. The summed E-state index contributed by atoms with van der Waals surface area (Å²) in [6.07, 6.45) is 1.06. The van der Waals surface area contributed by atoms with Crippen molar-refractivity contribution in [2.45, 2.75) is 6.42 Å². The summed E-state index contributed by atoms with van der Waals surface area (Å²) in [6.45, 7) is 3.74. The number of anilines is 1. The molecule has 0 atom stereocenters. The van der Waals surface area contributed by atoms with E-state index in [4.69, 9.17) is 14.4 Å². The SMILES string of the molecule is c1ccc(-c2nc(N3CCCNCC3)c3oc(-c4ccccc4)nc3n2)cc1. The Bertz CT molecular complexity index is 1070. The molecule has 28 heavy (non-hydrogen) atoms. The zero-order valence-electron chi connectivity index (χ0n) is 15.5. The first-order valence-electron chi connectivity index (χ1n) is 9.63. The molecule has 0 radical (unpaired) electrons. The number of fused-ring (bicyclic) bond motifs is 1. The molecule has 1 saturated heterocycles. The van der Waals surface area contributed by atoms with E-state index in [0.717, 1.165) is 49.5 Å². The van der Waals surface area contributed by atoms with Gasteiger partial charge in [-0.15, -0.1) is 0 Å². The van der Waals surface area contributed by atoms with Gasteiger partial charge in [-0.25, -0.2) is 9.97 Å². The summed E-state index contributed by atoms with van der Waals surface area (Å²) in [5, 5.41) is 3.44. The highest BCUT2D eigenvalue weighted by atomic mass is 16.4.